The summed E-state index contributed by atoms with van der Waals surface area (Å²) in [6, 6.07) is 10.5. The molecule has 3 N–H and O–H groups in total. The largest absolute Gasteiger partial charge is 0.480 e. The molecule has 0 aliphatic carbocycles. The van der Waals surface area contributed by atoms with Gasteiger partial charge in [0.05, 0.1) is 0 Å². The van der Waals surface area contributed by atoms with Crippen molar-refractivity contribution in [1.82, 2.24) is 15.6 Å². The van der Waals surface area contributed by atoms with Gasteiger partial charge in [-0.3, -0.25) is 4.79 Å². The second-order valence-corrected chi connectivity index (χ2v) is 8.20. The summed E-state index contributed by atoms with van der Waals surface area (Å²) in [7, 11) is 0. The van der Waals surface area contributed by atoms with Gasteiger partial charge in [-0.25, -0.2) is 14.6 Å². The molecule has 2 rings (SSSR count). The lowest BCUT2D eigenvalue weighted by Crippen LogP contribution is -2.52. The number of carboxylic acid groups (broad SMARTS) is 1. The number of nitrogens with zero attached hydrogens (tertiary/aromatic N) is 1. The van der Waals surface area contributed by atoms with E-state index in [9.17, 15) is 19.5 Å². The number of aromatic nitrogens is 1. The SMILES string of the molecule is CC(C)C[C@H](NC(=O)OCc1ccccc1)C(=O)N[C@H](Cc1cccnc1Br)C(=O)O. The van der Waals surface area contributed by atoms with Crippen LogP contribution in [-0.2, 0) is 27.4 Å². The van der Waals surface area contributed by atoms with Crippen LogP contribution in [0.1, 0.15) is 31.4 Å². The summed E-state index contributed by atoms with van der Waals surface area (Å²) in [5.74, 6) is -1.68. The molecular formula is C22H26BrN3O5. The molecule has 0 fully saturated rings. The van der Waals surface area contributed by atoms with Gasteiger partial charge in [-0.1, -0.05) is 50.2 Å². The number of amides is 2. The van der Waals surface area contributed by atoms with Crippen molar-refractivity contribution in [2.24, 2.45) is 5.92 Å². The molecule has 8 nitrogen and oxygen atoms in total. The quantitative estimate of drug-likeness (QED) is 0.438. The monoisotopic (exact) mass is 491 g/mol. The van der Waals surface area contributed by atoms with Crippen molar-refractivity contribution < 1.29 is 24.2 Å². The summed E-state index contributed by atoms with van der Waals surface area (Å²) in [4.78, 5) is 40.8. The number of hydrogen-bond donors (Lipinski definition) is 3. The zero-order chi connectivity index (χ0) is 22.8. The van der Waals surface area contributed by atoms with E-state index in [4.69, 9.17) is 4.74 Å². The van der Waals surface area contributed by atoms with Crippen LogP contribution in [0.4, 0.5) is 4.79 Å². The first-order valence-electron chi connectivity index (χ1n) is 9.86. The highest BCUT2D eigenvalue weighted by Crippen LogP contribution is 2.15. The van der Waals surface area contributed by atoms with Crippen molar-refractivity contribution in [2.75, 3.05) is 0 Å². The fourth-order valence-electron chi connectivity index (χ4n) is 2.87. The Balaban J connectivity index is 2.01. The first-order valence-corrected chi connectivity index (χ1v) is 10.6. The normalized spacial score (nSPS) is 12.6. The van der Waals surface area contributed by atoms with Gasteiger partial charge < -0.3 is 20.5 Å². The van der Waals surface area contributed by atoms with E-state index in [0.29, 0.717) is 16.6 Å². The number of ether oxygens (including phenoxy) is 1. The van der Waals surface area contributed by atoms with Crippen LogP contribution >= 0.6 is 15.9 Å². The summed E-state index contributed by atoms with van der Waals surface area (Å²) in [6.45, 7) is 3.87. The Morgan fingerprint density at radius 2 is 1.77 bits per heavy atom. The third-order valence-corrected chi connectivity index (χ3v) is 5.12. The molecule has 0 aliphatic rings. The number of rotatable bonds is 10. The van der Waals surface area contributed by atoms with Crippen LogP contribution in [0.5, 0.6) is 0 Å². The minimum atomic E-state index is -1.18. The Hall–Kier alpha value is -2.94. The molecular weight excluding hydrogens is 466 g/mol. The van der Waals surface area contributed by atoms with Crippen LogP contribution < -0.4 is 10.6 Å². The third kappa shape index (κ3) is 8.37. The van der Waals surface area contributed by atoms with E-state index in [1.54, 1.807) is 18.3 Å². The van der Waals surface area contributed by atoms with Crippen LogP contribution in [0.2, 0.25) is 0 Å². The van der Waals surface area contributed by atoms with Crippen LogP contribution in [-0.4, -0.2) is 40.1 Å². The van der Waals surface area contributed by atoms with Gasteiger partial charge in [0.25, 0.3) is 0 Å². The molecule has 0 bridgehead atoms. The molecule has 2 aromatic rings. The molecule has 1 aromatic carbocycles. The summed E-state index contributed by atoms with van der Waals surface area (Å²) in [5, 5.41) is 14.6. The lowest BCUT2D eigenvalue weighted by molar-refractivity contribution is -0.142. The summed E-state index contributed by atoms with van der Waals surface area (Å²) >= 11 is 3.28. The molecule has 0 saturated carbocycles. The topological polar surface area (TPSA) is 118 Å². The van der Waals surface area contributed by atoms with E-state index in [2.05, 4.69) is 31.5 Å². The Bertz CT molecular complexity index is 892. The fourth-order valence-corrected chi connectivity index (χ4v) is 3.29. The lowest BCUT2D eigenvalue weighted by atomic mass is 10.0. The molecule has 2 atom stereocenters. The van der Waals surface area contributed by atoms with E-state index in [1.807, 2.05) is 44.2 Å². The maximum absolute atomic E-state index is 12.8. The molecule has 0 radical (unpaired) electrons. The van der Waals surface area contributed by atoms with Gasteiger partial charge in [0.15, 0.2) is 0 Å². The van der Waals surface area contributed by atoms with Gasteiger partial charge in [-0.05, 0) is 45.5 Å². The number of benzene rings is 1. The van der Waals surface area contributed by atoms with Gasteiger partial charge in [0, 0.05) is 12.6 Å². The zero-order valence-electron chi connectivity index (χ0n) is 17.4. The van der Waals surface area contributed by atoms with Crippen molar-refractivity contribution >= 4 is 33.9 Å². The Morgan fingerprint density at radius 3 is 2.39 bits per heavy atom. The molecule has 0 aliphatic heterocycles. The molecule has 1 heterocycles. The standard InChI is InChI=1S/C22H26BrN3O5/c1-14(2)11-17(26-22(30)31-13-15-7-4-3-5-8-15)20(27)25-18(21(28)29)12-16-9-6-10-24-19(16)23/h3-10,14,17-18H,11-13H2,1-2H3,(H,25,27)(H,26,30)(H,28,29)/t17-,18+/m0/s1. The molecule has 0 spiro atoms. The number of carbonyl (C=O) groups is 3. The van der Waals surface area contributed by atoms with Gasteiger partial charge in [-0.15, -0.1) is 0 Å². The second kappa shape index (κ2) is 12.0. The Kier molecular flexibility index (Phi) is 9.45. The van der Waals surface area contributed by atoms with E-state index in [0.717, 1.165) is 5.56 Å². The summed E-state index contributed by atoms with van der Waals surface area (Å²) in [5.41, 5.74) is 1.46. The van der Waals surface area contributed by atoms with Crippen molar-refractivity contribution in [3.05, 3.63) is 64.4 Å². The molecule has 1 aromatic heterocycles. The second-order valence-electron chi connectivity index (χ2n) is 7.45. The lowest BCUT2D eigenvalue weighted by Gasteiger charge is -2.22. The number of alkyl carbamates (subject to hydrolysis) is 1. The number of carbonyl (C=O) groups excluding carboxylic acids is 2. The molecule has 31 heavy (non-hydrogen) atoms. The predicted octanol–water partition coefficient (Wildman–Crippen LogP) is 3.30. The van der Waals surface area contributed by atoms with Crippen molar-refractivity contribution in [1.29, 1.82) is 0 Å². The molecule has 9 heteroatoms. The molecule has 2 amide bonds. The van der Waals surface area contributed by atoms with E-state index >= 15 is 0 Å². The van der Waals surface area contributed by atoms with Crippen LogP contribution in [0.25, 0.3) is 0 Å². The van der Waals surface area contributed by atoms with Crippen LogP contribution in [0.3, 0.4) is 0 Å². The van der Waals surface area contributed by atoms with Gasteiger partial charge in [0.2, 0.25) is 5.91 Å². The maximum Gasteiger partial charge on any atom is 0.408 e. The number of carboxylic acids is 1. The first-order chi connectivity index (χ1) is 14.8. The third-order valence-electron chi connectivity index (χ3n) is 4.40. The Morgan fingerprint density at radius 1 is 1.06 bits per heavy atom. The summed E-state index contributed by atoms with van der Waals surface area (Å²) < 4.78 is 5.70. The van der Waals surface area contributed by atoms with Gasteiger partial charge in [-0.2, -0.15) is 0 Å². The van der Waals surface area contributed by atoms with E-state index in [-0.39, 0.29) is 18.9 Å². The van der Waals surface area contributed by atoms with Gasteiger partial charge >= 0.3 is 12.1 Å². The van der Waals surface area contributed by atoms with Gasteiger partial charge in [0.1, 0.15) is 23.3 Å². The highest BCUT2D eigenvalue weighted by atomic mass is 79.9. The van der Waals surface area contributed by atoms with Crippen molar-refractivity contribution in [3.8, 4) is 0 Å². The minimum Gasteiger partial charge on any atom is -0.480 e. The van der Waals surface area contributed by atoms with Crippen LogP contribution in [0.15, 0.2) is 53.3 Å². The smallest absolute Gasteiger partial charge is 0.408 e. The molecule has 0 saturated heterocycles. The summed E-state index contributed by atoms with van der Waals surface area (Å²) in [6.07, 6.45) is 1.20. The number of aliphatic carboxylic acids is 1. The van der Waals surface area contributed by atoms with Crippen LogP contribution in [0, 0.1) is 5.92 Å². The molecule has 0 unspecified atom stereocenters. The van der Waals surface area contributed by atoms with Crippen molar-refractivity contribution in [2.45, 2.75) is 45.4 Å². The number of halogens is 1. The van der Waals surface area contributed by atoms with E-state index in [1.165, 1.54) is 0 Å². The average molecular weight is 492 g/mol. The zero-order valence-corrected chi connectivity index (χ0v) is 19.0. The number of nitrogens with one attached hydrogen (secondary N) is 2. The maximum atomic E-state index is 12.8. The highest BCUT2D eigenvalue weighted by molar-refractivity contribution is 9.10. The van der Waals surface area contributed by atoms with E-state index < -0.39 is 30.1 Å². The Labute approximate surface area is 189 Å². The predicted molar refractivity (Wildman–Crippen MR) is 118 cm³/mol. The minimum absolute atomic E-state index is 0.0440. The van der Waals surface area contributed by atoms with Crippen molar-refractivity contribution in [3.63, 3.8) is 0 Å². The number of pyridine rings is 1. The highest BCUT2D eigenvalue weighted by Gasteiger charge is 2.28. The average Bonchev–Trinajstić information content (AvgIpc) is 2.73. The number of hydrogen-bond acceptors (Lipinski definition) is 5. The molecule has 166 valence electrons. The first kappa shape index (κ1) is 24.3. The fraction of sp³-hybridized carbons (Fsp3) is 0.364.